The number of ether oxygens (including phenoxy) is 1. The fraction of sp³-hybridized carbons (Fsp3) is 0.600. The van der Waals surface area contributed by atoms with Crippen LogP contribution in [0.5, 0.6) is 0 Å². The molecular formula is C15H24BrNO. The summed E-state index contributed by atoms with van der Waals surface area (Å²) in [5.74, 6) is 0. The molecular weight excluding hydrogens is 290 g/mol. The van der Waals surface area contributed by atoms with Gasteiger partial charge in [0.2, 0.25) is 0 Å². The summed E-state index contributed by atoms with van der Waals surface area (Å²) < 4.78 is 7.08. The van der Waals surface area contributed by atoms with Crippen molar-refractivity contribution in [3.05, 3.63) is 34.3 Å². The third-order valence-corrected chi connectivity index (χ3v) is 4.48. The third-order valence-electron chi connectivity index (χ3n) is 3.70. The van der Waals surface area contributed by atoms with E-state index < -0.39 is 0 Å². The van der Waals surface area contributed by atoms with Crippen LogP contribution in [0.1, 0.15) is 39.2 Å². The van der Waals surface area contributed by atoms with Crippen molar-refractivity contribution in [1.82, 2.24) is 0 Å². The van der Waals surface area contributed by atoms with Gasteiger partial charge in [-0.05, 0) is 37.8 Å². The van der Waals surface area contributed by atoms with E-state index in [1.165, 1.54) is 5.56 Å². The van der Waals surface area contributed by atoms with Crippen molar-refractivity contribution in [1.29, 1.82) is 0 Å². The Morgan fingerprint density at radius 2 is 1.83 bits per heavy atom. The smallest absolute Gasteiger partial charge is 0.0830 e. The van der Waals surface area contributed by atoms with Gasteiger partial charge in [0, 0.05) is 17.1 Å². The molecule has 2 N–H and O–H groups in total. The molecule has 0 saturated heterocycles. The molecule has 0 radical (unpaired) electrons. The van der Waals surface area contributed by atoms with Crippen molar-refractivity contribution in [2.45, 2.75) is 51.7 Å². The summed E-state index contributed by atoms with van der Waals surface area (Å²) in [7, 11) is 0. The molecule has 0 fully saturated rings. The van der Waals surface area contributed by atoms with Crippen LogP contribution in [0, 0.1) is 0 Å². The van der Waals surface area contributed by atoms with Crippen molar-refractivity contribution in [3.8, 4) is 0 Å². The van der Waals surface area contributed by atoms with Crippen LogP contribution < -0.4 is 5.73 Å². The Labute approximate surface area is 119 Å². The van der Waals surface area contributed by atoms with Gasteiger partial charge in [0.15, 0.2) is 0 Å². The van der Waals surface area contributed by atoms with Crippen LogP contribution in [0.4, 0.5) is 0 Å². The molecule has 0 spiro atoms. The van der Waals surface area contributed by atoms with Crippen molar-refractivity contribution in [3.63, 3.8) is 0 Å². The molecule has 1 rings (SSSR count). The maximum Gasteiger partial charge on any atom is 0.0830 e. The number of benzene rings is 1. The fourth-order valence-electron chi connectivity index (χ4n) is 2.46. The van der Waals surface area contributed by atoms with E-state index in [1.54, 1.807) is 0 Å². The molecule has 0 amide bonds. The normalized spacial score (nSPS) is 13.6. The molecule has 0 aliphatic carbocycles. The highest BCUT2D eigenvalue weighted by atomic mass is 79.9. The van der Waals surface area contributed by atoms with E-state index >= 15 is 0 Å². The molecule has 0 aliphatic heterocycles. The van der Waals surface area contributed by atoms with E-state index in [9.17, 15) is 0 Å². The van der Waals surface area contributed by atoms with Gasteiger partial charge in [-0.3, -0.25) is 0 Å². The predicted octanol–water partition coefficient (Wildman–Crippen LogP) is 3.91. The summed E-state index contributed by atoms with van der Waals surface area (Å²) in [5, 5.41) is 0. The first-order chi connectivity index (χ1) is 8.59. The zero-order valence-corrected chi connectivity index (χ0v) is 13.2. The lowest BCUT2D eigenvalue weighted by Crippen LogP contribution is -2.50. The molecule has 0 aromatic heterocycles. The van der Waals surface area contributed by atoms with Crippen LogP contribution in [0.15, 0.2) is 28.7 Å². The van der Waals surface area contributed by atoms with E-state index in [2.05, 4.69) is 41.9 Å². The quantitative estimate of drug-likeness (QED) is 0.828. The predicted molar refractivity (Wildman–Crippen MR) is 80.8 cm³/mol. The molecule has 0 aliphatic rings. The lowest BCUT2D eigenvalue weighted by Gasteiger charge is -2.37. The summed E-state index contributed by atoms with van der Waals surface area (Å²) >= 11 is 3.58. The zero-order chi connectivity index (χ0) is 13.6. The van der Waals surface area contributed by atoms with Crippen molar-refractivity contribution in [2.75, 3.05) is 6.61 Å². The lowest BCUT2D eigenvalue weighted by atomic mass is 9.85. The summed E-state index contributed by atoms with van der Waals surface area (Å²) in [6.45, 7) is 7.05. The molecule has 102 valence electrons. The van der Waals surface area contributed by atoms with Crippen LogP contribution >= 0.6 is 15.9 Å². The second-order valence-electron chi connectivity index (χ2n) is 4.61. The van der Waals surface area contributed by atoms with Crippen molar-refractivity contribution >= 4 is 15.9 Å². The lowest BCUT2D eigenvalue weighted by molar-refractivity contribution is -0.0633. The first-order valence-corrected chi connectivity index (χ1v) is 7.51. The van der Waals surface area contributed by atoms with Gasteiger partial charge in [0.1, 0.15) is 0 Å². The van der Waals surface area contributed by atoms with E-state index in [-0.39, 0.29) is 11.6 Å². The highest BCUT2D eigenvalue weighted by molar-refractivity contribution is 9.10. The molecule has 1 aromatic rings. The van der Waals surface area contributed by atoms with Gasteiger partial charge < -0.3 is 10.5 Å². The van der Waals surface area contributed by atoms with Crippen molar-refractivity contribution < 1.29 is 4.74 Å². The minimum absolute atomic E-state index is 0.0196. The number of hydrogen-bond donors (Lipinski definition) is 1. The molecule has 0 heterocycles. The Balaban J connectivity index is 2.85. The molecule has 2 nitrogen and oxygen atoms in total. The van der Waals surface area contributed by atoms with Crippen molar-refractivity contribution in [2.24, 2.45) is 5.73 Å². The van der Waals surface area contributed by atoms with Crippen LogP contribution in [0.2, 0.25) is 0 Å². The standard InChI is InChI=1S/C15H24BrNO/c1-4-15(5-2,18-6-3)14(17)11-12-9-7-8-10-13(12)16/h7-10,14H,4-6,11,17H2,1-3H3. The van der Waals surface area contributed by atoms with Gasteiger partial charge in [-0.1, -0.05) is 48.0 Å². The van der Waals surface area contributed by atoms with E-state index in [4.69, 9.17) is 10.5 Å². The zero-order valence-electron chi connectivity index (χ0n) is 11.6. The van der Waals surface area contributed by atoms with Crippen LogP contribution in [0.3, 0.4) is 0 Å². The minimum atomic E-state index is -0.204. The number of hydrogen-bond acceptors (Lipinski definition) is 2. The first-order valence-electron chi connectivity index (χ1n) is 6.72. The molecule has 0 saturated carbocycles. The SMILES string of the molecule is CCOC(CC)(CC)C(N)Cc1ccccc1Br. The molecule has 1 aromatic carbocycles. The van der Waals surface area contributed by atoms with Gasteiger partial charge in [-0.15, -0.1) is 0 Å². The summed E-state index contributed by atoms with van der Waals surface area (Å²) in [6.07, 6.45) is 2.73. The highest BCUT2D eigenvalue weighted by Gasteiger charge is 2.34. The van der Waals surface area contributed by atoms with Crippen LogP contribution in [-0.4, -0.2) is 18.2 Å². The Bertz CT molecular complexity index is 363. The minimum Gasteiger partial charge on any atom is -0.374 e. The topological polar surface area (TPSA) is 35.2 Å². The van der Waals surface area contributed by atoms with Gasteiger partial charge in [-0.2, -0.15) is 0 Å². The first kappa shape index (κ1) is 15.7. The molecule has 3 heteroatoms. The second-order valence-corrected chi connectivity index (χ2v) is 5.46. The maximum atomic E-state index is 6.42. The van der Waals surface area contributed by atoms with E-state index in [0.29, 0.717) is 6.61 Å². The Hall–Kier alpha value is -0.380. The molecule has 1 atom stereocenters. The average Bonchev–Trinajstić information content (AvgIpc) is 2.38. The molecule has 0 bridgehead atoms. The van der Waals surface area contributed by atoms with E-state index in [1.807, 2.05) is 19.1 Å². The van der Waals surface area contributed by atoms with Gasteiger partial charge in [-0.25, -0.2) is 0 Å². The Kier molecular flexibility index (Phi) is 6.33. The monoisotopic (exact) mass is 313 g/mol. The average molecular weight is 314 g/mol. The third kappa shape index (κ3) is 3.56. The summed E-state index contributed by atoms with van der Waals surface area (Å²) in [6, 6.07) is 8.27. The summed E-state index contributed by atoms with van der Waals surface area (Å²) in [4.78, 5) is 0. The number of rotatable bonds is 7. The van der Waals surface area contributed by atoms with Gasteiger partial charge in [0.05, 0.1) is 5.60 Å². The Morgan fingerprint density at radius 3 is 2.33 bits per heavy atom. The molecule has 18 heavy (non-hydrogen) atoms. The number of halogens is 1. The fourth-order valence-corrected chi connectivity index (χ4v) is 2.91. The number of nitrogens with two attached hydrogens (primary N) is 1. The summed E-state index contributed by atoms with van der Waals surface area (Å²) in [5.41, 5.74) is 7.46. The second kappa shape index (κ2) is 7.27. The largest absolute Gasteiger partial charge is 0.374 e. The highest BCUT2D eigenvalue weighted by Crippen LogP contribution is 2.28. The van der Waals surface area contributed by atoms with Crippen LogP contribution in [-0.2, 0) is 11.2 Å². The van der Waals surface area contributed by atoms with Gasteiger partial charge >= 0.3 is 0 Å². The Morgan fingerprint density at radius 1 is 1.22 bits per heavy atom. The van der Waals surface area contributed by atoms with Crippen LogP contribution in [0.25, 0.3) is 0 Å². The molecule has 1 unspecified atom stereocenters. The maximum absolute atomic E-state index is 6.42. The van der Waals surface area contributed by atoms with Gasteiger partial charge in [0.25, 0.3) is 0 Å². The van der Waals surface area contributed by atoms with E-state index in [0.717, 1.165) is 23.7 Å².